The maximum atomic E-state index is 10.0. The lowest BCUT2D eigenvalue weighted by Gasteiger charge is -2.58. The van der Waals surface area contributed by atoms with Crippen molar-refractivity contribution in [3.63, 3.8) is 0 Å². The number of fused-ring (bicyclic) bond motifs is 2. The highest BCUT2D eigenvalue weighted by atomic mass is 16.3. The Kier molecular flexibility index (Phi) is 1.72. The van der Waals surface area contributed by atoms with Gasteiger partial charge in [0.05, 0.1) is 6.10 Å². The fourth-order valence-electron chi connectivity index (χ4n) is 4.28. The van der Waals surface area contributed by atoms with E-state index in [9.17, 15) is 10.2 Å². The molecule has 5 fully saturated rings. The number of rotatable bonds is 1. The Balaban J connectivity index is 1.91. The molecule has 0 spiro atoms. The van der Waals surface area contributed by atoms with Crippen molar-refractivity contribution >= 4 is 0 Å². The molecule has 0 aliphatic heterocycles. The van der Waals surface area contributed by atoms with E-state index in [0.717, 1.165) is 11.8 Å². The second-order valence-corrected chi connectivity index (χ2v) is 5.23. The lowest BCUT2D eigenvalue weighted by atomic mass is 9.49. The summed E-state index contributed by atoms with van der Waals surface area (Å²) in [5, 5.41) is 19.3. The van der Waals surface area contributed by atoms with E-state index in [4.69, 9.17) is 0 Å². The van der Waals surface area contributed by atoms with Gasteiger partial charge in [0.1, 0.15) is 0 Å². The zero-order valence-electron chi connectivity index (χ0n) is 7.89. The van der Waals surface area contributed by atoms with Gasteiger partial charge >= 0.3 is 0 Å². The summed E-state index contributed by atoms with van der Waals surface area (Å²) in [7, 11) is 0. The lowest BCUT2D eigenvalue weighted by molar-refractivity contribution is -0.156. The van der Waals surface area contributed by atoms with Gasteiger partial charge in [-0.15, -0.1) is 0 Å². The topological polar surface area (TPSA) is 40.5 Å². The highest BCUT2D eigenvalue weighted by Gasteiger charge is 2.54. The minimum atomic E-state index is -0.190. The number of aliphatic hydroxyl groups excluding tert-OH is 2. The molecule has 5 saturated carbocycles. The molecule has 0 aromatic heterocycles. The first kappa shape index (κ1) is 8.25. The molecular formula is C11H18O2. The summed E-state index contributed by atoms with van der Waals surface area (Å²) < 4.78 is 0. The summed E-state index contributed by atoms with van der Waals surface area (Å²) >= 11 is 0. The third-order valence-corrected chi connectivity index (χ3v) is 4.91. The molecule has 0 saturated heterocycles. The van der Waals surface area contributed by atoms with Gasteiger partial charge in [-0.1, -0.05) is 0 Å². The monoisotopic (exact) mass is 182 g/mol. The standard InChI is InChI=1S/C11H18O2/c12-5-10-8-3-7-2-1-6(8)4-9(7)11(10)13/h6-13H,1-5H2/t6?,7?,8?,9?,10-,11+/m1/s1. The zero-order valence-corrected chi connectivity index (χ0v) is 7.89. The number of aliphatic hydroxyl groups is 2. The van der Waals surface area contributed by atoms with Crippen molar-refractivity contribution in [1.29, 1.82) is 0 Å². The summed E-state index contributed by atoms with van der Waals surface area (Å²) in [5.74, 6) is 2.99. The van der Waals surface area contributed by atoms with Crippen molar-refractivity contribution < 1.29 is 10.2 Å². The summed E-state index contributed by atoms with van der Waals surface area (Å²) in [5.41, 5.74) is 0. The Morgan fingerprint density at radius 2 is 1.62 bits per heavy atom. The van der Waals surface area contributed by atoms with Crippen molar-refractivity contribution in [2.75, 3.05) is 6.61 Å². The summed E-state index contributed by atoms with van der Waals surface area (Å²) in [4.78, 5) is 0. The van der Waals surface area contributed by atoms with Gasteiger partial charge in [-0.3, -0.25) is 0 Å². The highest BCUT2D eigenvalue weighted by molar-refractivity contribution is 5.03. The molecule has 2 N–H and O–H groups in total. The molecule has 0 heterocycles. The summed E-state index contributed by atoms with van der Waals surface area (Å²) in [6, 6.07) is 0. The van der Waals surface area contributed by atoms with Crippen molar-refractivity contribution in [2.24, 2.45) is 29.6 Å². The highest BCUT2D eigenvalue weighted by Crippen LogP contribution is 2.57. The van der Waals surface area contributed by atoms with Gasteiger partial charge in [0.2, 0.25) is 0 Å². The van der Waals surface area contributed by atoms with Gasteiger partial charge in [0.25, 0.3) is 0 Å². The second kappa shape index (κ2) is 2.71. The fraction of sp³-hybridized carbons (Fsp3) is 1.00. The fourth-order valence-corrected chi connectivity index (χ4v) is 4.28. The molecule has 0 aromatic carbocycles. The maximum Gasteiger partial charge on any atom is 0.0623 e. The average Bonchev–Trinajstić information content (AvgIpc) is 2.19. The van der Waals surface area contributed by atoms with Crippen LogP contribution in [0.1, 0.15) is 25.7 Å². The van der Waals surface area contributed by atoms with Gasteiger partial charge in [-0.05, 0) is 49.4 Å². The first-order chi connectivity index (χ1) is 6.31. The molecule has 13 heavy (non-hydrogen) atoms. The number of hydrogen-bond acceptors (Lipinski definition) is 2. The van der Waals surface area contributed by atoms with Crippen LogP contribution in [0, 0.1) is 29.6 Å². The molecule has 2 nitrogen and oxygen atoms in total. The van der Waals surface area contributed by atoms with Crippen LogP contribution in [0.25, 0.3) is 0 Å². The maximum absolute atomic E-state index is 10.0. The first-order valence-electron chi connectivity index (χ1n) is 5.60. The van der Waals surface area contributed by atoms with E-state index in [2.05, 4.69) is 0 Å². The van der Waals surface area contributed by atoms with Crippen LogP contribution in [0.4, 0.5) is 0 Å². The molecule has 4 bridgehead atoms. The van der Waals surface area contributed by atoms with Crippen LogP contribution < -0.4 is 0 Å². The van der Waals surface area contributed by atoms with Gasteiger partial charge < -0.3 is 10.2 Å². The van der Waals surface area contributed by atoms with Crippen LogP contribution in [-0.4, -0.2) is 22.9 Å². The molecule has 0 radical (unpaired) electrons. The van der Waals surface area contributed by atoms with Gasteiger partial charge in [0, 0.05) is 12.5 Å². The van der Waals surface area contributed by atoms with Gasteiger partial charge in [-0.2, -0.15) is 0 Å². The van der Waals surface area contributed by atoms with E-state index in [1.807, 2.05) is 0 Å². The van der Waals surface area contributed by atoms with Gasteiger partial charge in [0.15, 0.2) is 0 Å². The molecule has 2 heteroatoms. The predicted molar refractivity (Wildman–Crippen MR) is 49.0 cm³/mol. The van der Waals surface area contributed by atoms with Crippen molar-refractivity contribution in [3.05, 3.63) is 0 Å². The molecule has 4 unspecified atom stereocenters. The Morgan fingerprint density at radius 3 is 2.15 bits per heavy atom. The first-order valence-corrected chi connectivity index (χ1v) is 5.60. The Bertz CT molecular complexity index is 214. The molecule has 0 amide bonds. The quantitative estimate of drug-likeness (QED) is 0.635. The molecule has 74 valence electrons. The molecule has 0 aromatic rings. The van der Waals surface area contributed by atoms with Crippen LogP contribution in [0.15, 0.2) is 0 Å². The molecular weight excluding hydrogens is 164 g/mol. The Morgan fingerprint density at radius 1 is 1.00 bits per heavy atom. The van der Waals surface area contributed by atoms with Crippen LogP contribution in [-0.2, 0) is 0 Å². The third kappa shape index (κ3) is 0.962. The molecule has 5 rings (SSSR count). The summed E-state index contributed by atoms with van der Waals surface area (Å²) in [6.07, 6.45) is 5.03. The van der Waals surface area contributed by atoms with E-state index < -0.39 is 0 Å². The largest absolute Gasteiger partial charge is 0.396 e. The van der Waals surface area contributed by atoms with Crippen LogP contribution in [0.5, 0.6) is 0 Å². The van der Waals surface area contributed by atoms with Crippen molar-refractivity contribution in [1.82, 2.24) is 0 Å². The lowest BCUT2D eigenvalue weighted by Crippen LogP contribution is -2.56. The van der Waals surface area contributed by atoms with Crippen LogP contribution >= 0.6 is 0 Å². The van der Waals surface area contributed by atoms with Crippen LogP contribution in [0.2, 0.25) is 0 Å². The smallest absolute Gasteiger partial charge is 0.0623 e. The Hall–Kier alpha value is -0.0800. The van der Waals surface area contributed by atoms with E-state index in [1.54, 1.807) is 0 Å². The minimum absolute atomic E-state index is 0.190. The average molecular weight is 182 g/mol. The third-order valence-electron chi connectivity index (χ3n) is 4.91. The summed E-state index contributed by atoms with van der Waals surface area (Å²) in [6.45, 7) is 0.200. The SMILES string of the molecule is OC[C@@H]1C2CC3CCC2CC3[C@@H]1O. The van der Waals surface area contributed by atoms with Crippen molar-refractivity contribution in [2.45, 2.75) is 31.8 Å². The minimum Gasteiger partial charge on any atom is -0.396 e. The number of hydrogen-bond donors (Lipinski definition) is 2. The normalized spacial score (nSPS) is 58.6. The molecule has 5 aliphatic rings. The molecule has 6 atom stereocenters. The van der Waals surface area contributed by atoms with Crippen molar-refractivity contribution in [3.8, 4) is 0 Å². The van der Waals surface area contributed by atoms with Crippen LogP contribution in [0.3, 0.4) is 0 Å². The van der Waals surface area contributed by atoms with E-state index >= 15 is 0 Å². The molecule has 5 aliphatic carbocycles. The van der Waals surface area contributed by atoms with E-state index in [-0.39, 0.29) is 18.6 Å². The van der Waals surface area contributed by atoms with Gasteiger partial charge in [-0.25, -0.2) is 0 Å². The van der Waals surface area contributed by atoms with E-state index in [1.165, 1.54) is 25.7 Å². The predicted octanol–water partition coefficient (Wildman–Crippen LogP) is 1.02. The Labute approximate surface area is 79.0 Å². The van der Waals surface area contributed by atoms with E-state index in [0.29, 0.717) is 11.8 Å². The zero-order chi connectivity index (χ0) is 9.00. The second-order valence-electron chi connectivity index (χ2n) is 5.23.